The zero-order valence-corrected chi connectivity index (χ0v) is 11.7. The summed E-state index contributed by atoms with van der Waals surface area (Å²) < 4.78 is 32.1. The molecule has 2 rings (SSSR count). The average Bonchev–Trinajstić information content (AvgIpc) is 2.48. The summed E-state index contributed by atoms with van der Waals surface area (Å²) in [6.07, 6.45) is 0. The van der Waals surface area contributed by atoms with Crippen LogP contribution in [0.25, 0.3) is 0 Å². The Bertz CT molecular complexity index is 708. The van der Waals surface area contributed by atoms with Crippen LogP contribution in [-0.2, 0) is 6.54 Å². The Morgan fingerprint density at radius 2 is 1.95 bits per heavy atom. The number of benzene rings is 2. The molecule has 0 heterocycles. The topological polar surface area (TPSA) is 45.0 Å². The van der Waals surface area contributed by atoms with E-state index in [4.69, 9.17) is 10.00 Å². The van der Waals surface area contributed by atoms with Gasteiger partial charge in [0.15, 0.2) is 11.6 Å². The summed E-state index contributed by atoms with van der Waals surface area (Å²) in [5, 5.41) is 11.9. The number of halogens is 2. The number of nitrogens with one attached hydrogen (secondary N) is 1. The minimum Gasteiger partial charge on any atom is -0.494 e. The third-order valence-electron chi connectivity index (χ3n) is 3.17. The highest BCUT2D eigenvalue weighted by atomic mass is 19.1. The molecule has 3 nitrogen and oxygen atoms in total. The van der Waals surface area contributed by atoms with E-state index in [9.17, 15) is 8.78 Å². The maximum atomic E-state index is 13.6. The van der Waals surface area contributed by atoms with Crippen LogP contribution in [-0.4, -0.2) is 7.11 Å². The molecule has 0 radical (unpaired) electrons. The van der Waals surface area contributed by atoms with Crippen molar-refractivity contribution in [2.24, 2.45) is 0 Å². The molecule has 5 heteroatoms. The molecule has 0 unspecified atom stereocenters. The third kappa shape index (κ3) is 3.29. The second-order valence-corrected chi connectivity index (χ2v) is 4.56. The first-order chi connectivity index (χ1) is 10.0. The van der Waals surface area contributed by atoms with Crippen molar-refractivity contribution in [3.63, 3.8) is 0 Å². The van der Waals surface area contributed by atoms with Crippen LogP contribution in [0.2, 0.25) is 0 Å². The Morgan fingerprint density at radius 3 is 2.57 bits per heavy atom. The normalized spacial score (nSPS) is 10.0. The Kier molecular flexibility index (Phi) is 4.39. The summed E-state index contributed by atoms with van der Waals surface area (Å²) in [5.74, 6) is -0.726. The highest BCUT2D eigenvalue weighted by Gasteiger charge is 2.08. The molecule has 0 bridgehead atoms. The molecule has 0 fully saturated rings. The van der Waals surface area contributed by atoms with E-state index in [-0.39, 0.29) is 11.3 Å². The van der Waals surface area contributed by atoms with Crippen LogP contribution in [0.3, 0.4) is 0 Å². The van der Waals surface area contributed by atoms with Crippen molar-refractivity contribution in [3.05, 3.63) is 58.7 Å². The molecule has 0 amide bonds. The molecule has 0 aliphatic heterocycles. The summed E-state index contributed by atoms with van der Waals surface area (Å²) in [6.45, 7) is 1.93. The number of methoxy groups -OCH3 is 1. The van der Waals surface area contributed by atoms with Crippen molar-refractivity contribution in [1.82, 2.24) is 0 Å². The second kappa shape index (κ2) is 6.23. The van der Waals surface area contributed by atoms with E-state index in [1.165, 1.54) is 25.3 Å². The van der Waals surface area contributed by atoms with Crippen molar-refractivity contribution < 1.29 is 13.5 Å². The summed E-state index contributed by atoms with van der Waals surface area (Å²) in [6, 6.07) is 9.26. The predicted molar refractivity (Wildman–Crippen MR) is 76.1 cm³/mol. The van der Waals surface area contributed by atoms with Crippen LogP contribution in [0, 0.1) is 29.9 Å². The van der Waals surface area contributed by atoms with Crippen LogP contribution in [0.15, 0.2) is 30.3 Å². The van der Waals surface area contributed by atoms with Crippen molar-refractivity contribution in [2.75, 3.05) is 12.4 Å². The summed E-state index contributed by atoms with van der Waals surface area (Å²) in [7, 11) is 1.40. The molecular weight excluding hydrogens is 274 g/mol. The number of nitriles is 1. The monoisotopic (exact) mass is 288 g/mol. The number of anilines is 1. The Morgan fingerprint density at radius 1 is 1.19 bits per heavy atom. The Labute approximate surface area is 121 Å². The van der Waals surface area contributed by atoms with E-state index in [1.54, 1.807) is 19.1 Å². The SMILES string of the molecule is COc1ccc(CNc2cc(C#N)cc(F)c2C)cc1F. The molecule has 108 valence electrons. The third-order valence-corrected chi connectivity index (χ3v) is 3.17. The highest BCUT2D eigenvalue weighted by molar-refractivity contribution is 5.56. The van der Waals surface area contributed by atoms with E-state index in [0.717, 1.165) is 0 Å². The minimum atomic E-state index is -0.453. The lowest BCUT2D eigenvalue weighted by atomic mass is 10.1. The zero-order chi connectivity index (χ0) is 15.4. The van der Waals surface area contributed by atoms with E-state index in [1.807, 2.05) is 6.07 Å². The first kappa shape index (κ1) is 14.8. The van der Waals surface area contributed by atoms with Gasteiger partial charge < -0.3 is 10.1 Å². The van der Waals surface area contributed by atoms with E-state index in [2.05, 4.69) is 5.32 Å². The first-order valence-electron chi connectivity index (χ1n) is 6.31. The van der Waals surface area contributed by atoms with E-state index >= 15 is 0 Å². The number of nitrogens with zero attached hydrogens (tertiary/aromatic N) is 1. The van der Waals surface area contributed by atoms with Gasteiger partial charge in [-0.3, -0.25) is 0 Å². The maximum absolute atomic E-state index is 13.6. The summed E-state index contributed by atoms with van der Waals surface area (Å²) in [4.78, 5) is 0. The van der Waals surface area contributed by atoms with Crippen molar-refractivity contribution in [3.8, 4) is 11.8 Å². The predicted octanol–water partition coefficient (Wildman–Crippen LogP) is 3.77. The van der Waals surface area contributed by atoms with E-state index < -0.39 is 11.6 Å². The molecule has 0 aliphatic carbocycles. The van der Waals surface area contributed by atoms with Gasteiger partial charge >= 0.3 is 0 Å². The molecule has 0 aliphatic rings. The molecule has 0 atom stereocenters. The van der Waals surface area contributed by atoms with Gasteiger partial charge in [-0.2, -0.15) is 5.26 Å². The fourth-order valence-electron chi connectivity index (χ4n) is 1.94. The van der Waals surface area contributed by atoms with Gasteiger partial charge in [-0.25, -0.2) is 8.78 Å². The van der Waals surface area contributed by atoms with Crippen LogP contribution >= 0.6 is 0 Å². The Balaban J connectivity index is 2.18. The maximum Gasteiger partial charge on any atom is 0.165 e. The van der Waals surface area contributed by atoms with Crippen molar-refractivity contribution in [2.45, 2.75) is 13.5 Å². The standard InChI is InChI=1S/C16H14F2N2O/c1-10-13(17)6-12(8-19)7-15(10)20-9-11-3-4-16(21-2)14(18)5-11/h3-7,20H,9H2,1-2H3. The molecule has 1 N–H and O–H groups in total. The minimum absolute atomic E-state index is 0.174. The van der Waals surface area contributed by atoms with Gasteiger partial charge in [-0.1, -0.05) is 6.07 Å². The molecule has 0 spiro atoms. The van der Waals surface area contributed by atoms with Gasteiger partial charge in [-0.15, -0.1) is 0 Å². The van der Waals surface area contributed by atoms with Gasteiger partial charge in [0.2, 0.25) is 0 Å². The van der Waals surface area contributed by atoms with E-state index in [0.29, 0.717) is 23.4 Å². The average molecular weight is 288 g/mol. The van der Waals surface area contributed by atoms with Gasteiger partial charge in [0.25, 0.3) is 0 Å². The zero-order valence-electron chi connectivity index (χ0n) is 11.7. The quantitative estimate of drug-likeness (QED) is 0.931. The highest BCUT2D eigenvalue weighted by Crippen LogP contribution is 2.22. The number of hydrogen-bond acceptors (Lipinski definition) is 3. The number of rotatable bonds is 4. The molecule has 0 aromatic heterocycles. The van der Waals surface area contributed by atoms with Crippen LogP contribution in [0.1, 0.15) is 16.7 Å². The molecule has 21 heavy (non-hydrogen) atoms. The van der Waals surface area contributed by atoms with Crippen LogP contribution in [0.5, 0.6) is 5.75 Å². The van der Waals surface area contributed by atoms with Gasteiger partial charge in [0, 0.05) is 17.8 Å². The second-order valence-electron chi connectivity index (χ2n) is 4.56. The molecule has 0 saturated carbocycles. The lowest BCUT2D eigenvalue weighted by Gasteiger charge is -2.11. The van der Waals surface area contributed by atoms with Gasteiger partial charge in [-0.05, 0) is 36.8 Å². The first-order valence-corrected chi connectivity index (χ1v) is 6.31. The lowest BCUT2D eigenvalue weighted by Crippen LogP contribution is -2.03. The van der Waals surface area contributed by atoms with Crippen molar-refractivity contribution >= 4 is 5.69 Å². The van der Waals surface area contributed by atoms with Crippen LogP contribution < -0.4 is 10.1 Å². The summed E-state index contributed by atoms with van der Waals surface area (Å²) >= 11 is 0. The molecular formula is C16H14F2N2O. The summed E-state index contributed by atoms with van der Waals surface area (Å²) in [5.41, 5.74) is 1.86. The number of ether oxygens (including phenoxy) is 1. The molecule has 2 aromatic carbocycles. The van der Waals surface area contributed by atoms with Gasteiger partial charge in [0.1, 0.15) is 5.82 Å². The lowest BCUT2D eigenvalue weighted by molar-refractivity contribution is 0.386. The fourth-order valence-corrected chi connectivity index (χ4v) is 1.94. The van der Waals surface area contributed by atoms with Crippen LogP contribution in [0.4, 0.5) is 14.5 Å². The fraction of sp³-hybridized carbons (Fsp3) is 0.188. The largest absolute Gasteiger partial charge is 0.494 e. The smallest absolute Gasteiger partial charge is 0.165 e. The Hall–Kier alpha value is -2.61. The molecule has 2 aromatic rings. The van der Waals surface area contributed by atoms with Gasteiger partial charge in [0.05, 0.1) is 18.7 Å². The van der Waals surface area contributed by atoms with Crippen molar-refractivity contribution in [1.29, 1.82) is 5.26 Å². The number of hydrogen-bond donors (Lipinski definition) is 1. The molecule has 0 saturated heterocycles.